The van der Waals surface area contributed by atoms with Gasteiger partial charge in [-0.25, -0.2) is 4.57 Å². The van der Waals surface area contributed by atoms with Crippen LogP contribution in [0.2, 0.25) is 5.02 Å². The second-order valence-corrected chi connectivity index (χ2v) is 8.14. The normalized spacial score (nSPS) is 11.8. The standard InChI is InChI=1S/C28H21ClN3O/c29-24-17-15-21(16-18-24)25-13-7-8-14-26(25)31-19-30-32(20-31)27(22-9-3-1-4-10-22)28(33)23-11-5-2-6-12-23/h1-20,27H/q+1. The molecule has 0 N–H and O–H groups in total. The third-order valence-electron chi connectivity index (χ3n) is 5.58. The molecular weight excluding hydrogens is 430 g/mol. The van der Waals surface area contributed by atoms with Crippen LogP contribution in [0, 0.1) is 0 Å². The Morgan fingerprint density at radius 1 is 0.788 bits per heavy atom. The number of ketones is 1. The van der Waals surface area contributed by atoms with Gasteiger partial charge in [-0.2, -0.15) is 0 Å². The molecule has 5 aromatic rings. The average Bonchev–Trinajstić information content (AvgIpc) is 3.35. The molecule has 4 aromatic carbocycles. The van der Waals surface area contributed by atoms with E-state index >= 15 is 0 Å². The zero-order valence-corrected chi connectivity index (χ0v) is 18.5. The number of carbonyl (C=O) groups is 1. The van der Waals surface area contributed by atoms with E-state index < -0.39 is 6.04 Å². The first-order valence-corrected chi connectivity index (χ1v) is 11.0. The lowest BCUT2D eigenvalue weighted by Crippen LogP contribution is -2.30. The van der Waals surface area contributed by atoms with Crippen LogP contribution in [-0.2, 0) is 0 Å². The molecule has 0 aliphatic carbocycles. The average molecular weight is 451 g/mol. The molecule has 0 aliphatic rings. The summed E-state index contributed by atoms with van der Waals surface area (Å²) < 4.78 is 3.67. The number of halogens is 1. The Hall–Kier alpha value is -4.02. The SMILES string of the molecule is O=C(c1ccccc1)C(c1ccccc1)n1c[n+](-c2ccccc2-c2ccc(Cl)cc2)cn1. The van der Waals surface area contributed by atoms with E-state index in [1.165, 1.54) is 0 Å². The number of rotatable bonds is 6. The van der Waals surface area contributed by atoms with Crippen LogP contribution in [0.15, 0.2) is 122 Å². The molecule has 1 unspecified atom stereocenters. The quantitative estimate of drug-likeness (QED) is 0.237. The Kier molecular flexibility index (Phi) is 5.83. The molecule has 5 rings (SSSR count). The van der Waals surface area contributed by atoms with Gasteiger partial charge in [0.15, 0.2) is 0 Å². The maximum atomic E-state index is 13.5. The van der Waals surface area contributed by atoms with Crippen molar-refractivity contribution < 1.29 is 9.36 Å². The highest BCUT2D eigenvalue weighted by molar-refractivity contribution is 6.30. The van der Waals surface area contributed by atoms with Crippen LogP contribution in [0.1, 0.15) is 22.0 Å². The van der Waals surface area contributed by atoms with Crippen molar-refractivity contribution in [2.75, 3.05) is 0 Å². The van der Waals surface area contributed by atoms with Gasteiger partial charge in [-0.3, -0.25) is 4.79 Å². The molecule has 160 valence electrons. The zero-order chi connectivity index (χ0) is 22.6. The van der Waals surface area contributed by atoms with Crippen LogP contribution in [0.3, 0.4) is 0 Å². The molecular formula is C28H21ClN3O+. The Labute approximate surface area is 197 Å². The number of benzene rings is 4. The first-order valence-electron chi connectivity index (χ1n) is 10.7. The fraction of sp³-hybridized carbons (Fsp3) is 0.0357. The Morgan fingerprint density at radius 3 is 2.15 bits per heavy atom. The summed E-state index contributed by atoms with van der Waals surface area (Å²) >= 11 is 6.08. The van der Waals surface area contributed by atoms with Crippen molar-refractivity contribution in [2.24, 2.45) is 0 Å². The van der Waals surface area contributed by atoms with E-state index in [-0.39, 0.29) is 5.78 Å². The minimum absolute atomic E-state index is 0.0111. The Morgan fingerprint density at radius 2 is 1.42 bits per heavy atom. The van der Waals surface area contributed by atoms with Gasteiger partial charge in [0.05, 0.1) is 0 Å². The van der Waals surface area contributed by atoms with E-state index in [0.29, 0.717) is 10.6 Å². The molecule has 0 aliphatic heterocycles. The van der Waals surface area contributed by atoms with Crippen LogP contribution < -0.4 is 4.57 Å². The van der Waals surface area contributed by atoms with Gasteiger partial charge in [-0.05, 0) is 23.8 Å². The molecule has 1 heterocycles. The van der Waals surface area contributed by atoms with E-state index in [9.17, 15) is 4.79 Å². The lowest BCUT2D eigenvalue weighted by Gasteiger charge is -2.12. The monoisotopic (exact) mass is 450 g/mol. The maximum Gasteiger partial charge on any atom is 0.270 e. The third kappa shape index (κ3) is 4.34. The molecule has 0 saturated carbocycles. The molecule has 4 nitrogen and oxygen atoms in total. The predicted octanol–water partition coefficient (Wildman–Crippen LogP) is 5.95. The number of nitrogens with zero attached hydrogens (tertiary/aromatic N) is 3. The van der Waals surface area contributed by atoms with Crippen molar-refractivity contribution in [3.8, 4) is 16.8 Å². The summed E-state index contributed by atoms with van der Waals surface area (Å²) in [4.78, 5) is 13.5. The van der Waals surface area contributed by atoms with Gasteiger partial charge >= 0.3 is 0 Å². The van der Waals surface area contributed by atoms with E-state index in [2.05, 4.69) is 11.2 Å². The van der Waals surface area contributed by atoms with Crippen LogP contribution in [0.4, 0.5) is 0 Å². The number of hydrogen-bond donors (Lipinski definition) is 0. The van der Waals surface area contributed by atoms with Crippen molar-refractivity contribution >= 4 is 17.4 Å². The van der Waals surface area contributed by atoms with Crippen molar-refractivity contribution in [1.82, 2.24) is 9.78 Å². The van der Waals surface area contributed by atoms with Gasteiger partial charge in [0, 0.05) is 26.8 Å². The van der Waals surface area contributed by atoms with Gasteiger partial charge in [-0.15, -0.1) is 0 Å². The number of hydrogen-bond acceptors (Lipinski definition) is 2. The van der Waals surface area contributed by atoms with Gasteiger partial charge in [0.25, 0.3) is 6.33 Å². The van der Waals surface area contributed by atoms with E-state index in [1.54, 1.807) is 11.0 Å². The van der Waals surface area contributed by atoms with Gasteiger partial charge in [0.1, 0.15) is 5.69 Å². The van der Waals surface area contributed by atoms with Crippen LogP contribution in [0.25, 0.3) is 16.8 Å². The molecule has 0 spiro atoms. The smallest absolute Gasteiger partial charge is 0.270 e. The Balaban J connectivity index is 1.58. The summed E-state index contributed by atoms with van der Waals surface area (Å²) in [6.45, 7) is 0. The highest BCUT2D eigenvalue weighted by atomic mass is 35.5. The molecule has 1 aromatic heterocycles. The number of Topliss-reactive ketones (excluding diaryl/α,β-unsaturated/α-hetero) is 1. The van der Waals surface area contributed by atoms with Crippen molar-refractivity contribution in [2.45, 2.75) is 6.04 Å². The minimum atomic E-state index is -0.572. The highest BCUT2D eigenvalue weighted by Crippen LogP contribution is 2.26. The molecule has 0 saturated heterocycles. The molecule has 0 fully saturated rings. The first kappa shape index (κ1) is 20.9. The molecule has 0 radical (unpaired) electrons. The third-order valence-corrected chi connectivity index (χ3v) is 5.83. The molecule has 0 bridgehead atoms. The summed E-state index contributed by atoms with van der Waals surface area (Å²) in [5, 5.41) is 5.30. The van der Waals surface area contributed by atoms with Crippen LogP contribution in [0.5, 0.6) is 0 Å². The van der Waals surface area contributed by atoms with Gasteiger partial charge in [-0.1, -0.05) is 107 Å². The highest BCUT2D eigenvalue weighted by Gasteiger charge is 2.30. The first-order chi connectivity index (χ1) is 16.2. The fourth-order valence-electron chi connectivity index (χ4n) is 3.95. The number of para-hydroxylation sites is 1. The van der Waals surface area contributed by atoms with Gasteiger partial charge in [0.2, 0.25) is 18.2 Å². The Bertz CT molecular complexity index is 1380. The van der Waals surface area contributed by atoms with Crippen molar-refractivity contribution in [3.05, 3.63) is 138 Å². The lowest BCUT2D eigenvalue weighted by atomic mass is 9.97. The van der Waals surface area contributed by atoms with E-state index in [0.717, 1.165) is 22.4 Å². The second-order valence-electron chi connectivity index (χ2n) is 7.70. The van der Waals surface area contributed by atoms with Crippen molar-refractivity contribution in [1.29, 1.82) is 0 Å². The summed E-state index contributed by atoms with van der Waals surface area (Å²) in [6.07, 6.45) is 3.61. The number of carbonyl (C=O) groups excluding carboxylic acids is 1. The molecule has 1 atom stereocenters. The summed E-state index contributed by atoms with van der Waals surface area (Å²) in [7, 11) is 0. The maximum absolute atomic E-state index is 13.5. The van der Waals surface area contributed by atoms with Gasteiger partial charge < -0.3 is 0 Å². The fourth-order valence-corrected chi connectivity index (χ4v) is 4.08. The zero-order valence-electron chi connectivity index (χ0n) is 17.8. The molecule has 33 heavy (non-hydrogen) atoms. The largest absolute Gasteiger partial charge is 0.290 e. The van der Waals surface area contributed by atoms with E-state index in [1.807, 2.05) is 114 Å². The van der Waals surface area contributed by atoms with Crippen LogP contribution >= 0.6 is 11.6 Å². The van der Waals surface area contributed by atoms with E-state index in [4.69, 9.17) is 11.6 Å². The topological polar surface area (TPSA) is 38.8 Å². The summed E-state index contributed by atoms with van der Waals surface area (Å²) in [6, 6.07) is 34.3. The molecule has 0 amide bonds. The number of aromatic nitrogens is 3. The lowest BCUT2D eigenvalue weighted by molar-refractivity contribution is -0.596. The second kappa shape index (κ2) is 9.23. The summed E-state index contributed by atoms with van der Waals surface area (Å²) in [5.74, 6) is -0.0111. The summed E-state index contributed by atoms with van der Waals surface area (Å²) in [5.41, 5.74) is 4.59. The van der Waals surface area contributed by atoms with Crippen molar-refractivity contribution in [3.63, 3.8) is 0 Å². The minimum Gasteiger partial charge on any atom is -0.290 e. The molecule has 5 heteroatoms. The van der Waals surface area contributed by atoms with Crippen LogP contribution in [-0.4, -0.2) is 15.6 Å². The predicted molar refractivity (Wildman–Crippen MR) is 130 cm³/mol.